The number of nitrogens with one attached hydrogen (secondary N) is 2. The molecule has 0 radical (unpaired) electrons. The summed E-state index contributed by atoms with van der Waals surface area (Å²) in [7, 11) is 0. The highest BCUT2D eigenvalue weighted by atomic mass is 19.1. The lowest BCUT2D eigenvalue weighted by molar-refractivity contribution is -0.117. The molecule has 3 rings (SSSR count). The number of pyridine rings is 1. The molecule has 2 amide bonds. The van der Waals surface area contributed by atoms with Gasteiger partial charge in [-0.3, -0.25) is 9.59 Å². The maximum atomic E-state index is 13.2. The minimum atomic E-state index is -0.424. The van der Waals surface area contributed by atoms with Crippen LogP contribution in [-0.2, 0) is 4.79 Å². The number of carbonyl (C=O) groups is 2. The second-order valence-corrected chi connectivity index (χ2v) is 7.23. The summed E-state index contributed by atoms with van der Waals surface area (Å²) in [5.41, 5.74) is 1.94. The Kier molecular flexibility index (Phi) is 6.12. The van der Waals surface area contributed by atoms with Crippen molar-refractivity contribution >= 4 is 23.3 Å². The number of amides is 2. The van der Waals surface area contributed by atoms with Crippen LogP contribution in [0.4, 0.5) is 15.9 Å². The highest BCUT2D eigenvalue weighted by Gasteiger charge is 2.38. The van der Waals surface area contributed by atoms with Crippen molar-refractivity contribution in [2.75, 3.05) is 23.4 Å². The number of aliphatic hydroxyl groups is 1. The predicted octanol–water partition coefficient (Wildman–Crippen LogP) is 2.49. The maximum absolute atomic E-state index is 13.2. The summed E-state index contributed by atoms with van der Waals surface area (Å²) in [6.45, 7) is 5.52. The van der Waals surface area contributed by atoms with E-state index in [1.54, 1.807) is 29.2 Å². The van der Waals surface area contributed by atoms with E-state index in [2.05, 4.69) is 15.6 Å². The topological polar surface area (TPSA) is 94.6 Å². The number of aromatic nitrogens is 1. The lowest BCUT2D eigenvalue weighted by Crippen LogP contribution is -2.48. The van der Waals surface area contributed by atoms with Crippen LogP contribution < -0.4 is 15.5 Å². The third kappa shape index (κ3) is 4.22. The van der Waals surface area contributed by atoms with Gasteiger partial charge < -0.3 is 20.6 Å². The van der Waals surface area contributed by atoms with E-state index in [0.29, 0.717) is 11.4 Å². The molecule has 1 aliphatic heterocycles. The lowest BCUT2D eigenvalue weighted by Gasteiger charge is -2.44. The van der Waals surface area contributed by atoms with Crippen molar-refractivity contribution in [2.24, 2.45) is 5.92 Å². The van der Waals surface area contributed by atoms with Crippen LogP contribution >= 0.6 is 0 Å². The van der Waals surface area contributed by atoms with Crippen LogP contribution in [0.3, 0.4) is 0 Å². The van der Waals surface area contributed by atoms with Crippen LogP contribution in [0.5, 0.6) is 0 Å². The molecule has 29 heavy (non-hydrogen) atoms. The quantitative estimate of drug-likeness (QED) is 0.717. The standard InChI is InChI=1S/C21H25FN4O3/c1-12-13(2)26(14(3)28)18-6-4-15(21(29)23-8-9-27)10-17(18)20(12)25-19-7-5-16(22)11-24-19/h4-7,10-13,20,27H,8-9H2,1-3H3,(H,23,29)(H,24,25)/t12-,13-,20+/m0/s1. The number of anilines is 2. The molecule has 2 aromatic rings. The number of hydrogen-bond donors (Lipinski definition) is 3. The smallest absolute Gasteiger partial charge is 0.251 e. The largest absolute Gasteiger partial charge is 0.395 e. The Balaban J connectivity index is 2.04. The first-order valence-electron chi connectivity index (χ1n) is 9.54. The minimum absolute atomic E-state index is 0.00555. The monoisotopic (exact) mass is 400 g/mol. The third-order valence-corrected chi connectivity index (χ3v) is 5.35. The van der Waals surface area contributed by atoms with E-state index in [1.165, 1.54) is 13.0 Å². The first kappa shape index (κ1) is 20.7. The van der Waals surface area contributed by atoms with Crippen LogP contribution in [0.2, 0.25) is 0 Å². The van der Waals surface area contributed by atoms with Gasteiger partial charge in [0, 0.05) is 36.7 Å². The Bertz CT molecular complexity index is 903. The zero-order valence-electron chi connectivity index (χ0n) is 16.6. The van der Waals surface area contributed by atoms with Gasteiger partial charge in [0.1, 0.15) is 11.6 Å². The molecule has 1 aromatic carbocycles. The van der Waals surface area contributed by atoms with Crippen LogP contribution in [0.25, 0.3) is 0 Å². The molecule has 0 bridgehead atoms. The number of hydrogen-bond acceptors (Lipinski definition) is 5. The number of rotatable bonds is 5. The first-order valence-corrected chi connectivity index (χ1v) is 9.54. The zero-order chi connectivity index (χ0) is 21.1. The van der Waals surface area contributed by atoms with Gasteiger partial charge in [-0.2, -0.15) is 0 Å². The van der Waals surface area contributed by atoms with Crippen molar-refractivity contribution in [1.29, 1.82) is 0 Å². The fraction of sp³-hybridized carbons (Fsp3) is 0.381. The Morgan fingerprint density at radius 3 is 2.62 bits per heavy atom. The van der Waals surface area contributed by atoms with Crippen LogP contribution in [-0.4, -0.2) is 41.1 Å². The molecule has 0 aliphatic carbocycles. The molecule has 0 spiro atoms. The van der Waals surface area contributed by atoms with E-state index in [4.69, 9.17) is 5.11 Å². The molecule has 154 valence electrons. The summed E-state index contributed by atoms with van der Waals surface area (Å²) in [5.74, 6) is -0.309. The second-order valence-electron chi connectivity index (χ2n) is 7.23. The fourth-order valence-corrected chi connectivity index (χ4v) is 3.74. The molecule has 7 nitrogen and oxygen atoms in total. The SMILES string of the molecule is CC(=O)N1c2ccc(C(=O)NCCO)cc2[C@H](Nc2ccc(F)cn2)[C@@H](C)[C@@H]1C. The van der Waals surface area contributed by atoms with Gasteiger partial charge in [0.25, 0.3) is 5.91 Å². The predicted molar refractivity (Wildman–Crippen MR) is 108 cm³/mol. The van der Waals surface area contributed by atoms with E-state index in [-0.39, 0.29) is 43.0 Å². The number of aliphatic hydroxyl groups excluding tert-OH is 1. The normalized spacial score (nSPS) is 20.7. The van der Waals surface area contributed by atoms with E-state index in [9.17, 15) is 14.0 Å². The average Bonchev–Trinajstić information content (AvgIpc) is 2.70. The van der Waals surface area contributed by atoms with Crippen molar-refractivity contribution in [3.05, 3.63) is 53.5 Å². The number of nitrogens with zero attached hydrogens (tertiary/aromatic N) is 2. The Hall–Kier alpha value is -3.00. The molecule has 8 heteroatoms. The molecule has 0 unspecified atom stereocenters. The fourth-order valence-electron chi connectivity index (χ4n) is 3.74. The summed E-state index contributed by atoms with van der Waals surface area (Å²) >= 11 is 0. The van der Waals surface area contributed by atoms with Crippen molar-refractivity contribution in [3.63, 3.8) is 0 Å². The van der Waals surface area contributed by atoms with Gasteiger partial charge in [0.05, 0.1) is 18.8 Å². The van der Waals surface area contributed by atoms with Gasteiger partial charge in [-0.25, -0.2) is 9.37 Å². The van der Waals surface area contributed by atoms with E-state index >= 15 is 0 Å². The molecule has 3 N–H and O–H groups in total. The van der Waals surface area contributed by atoms with E-state index in [1.807, 2.05) is 13.8 Å². The summed E-state index contributed by atoms with van der Waals surface area (Å²) < 4.78 is 13.2. The third-order valence-electron chi connectivity index (χ3n) is 5.35. The van der Waals surface area contributed by atoms with Crippen LogP contribution in [0.1, 0.15) is 42.7 Å². The number of carbonyl (C=O) groups excluding carboxylic acids is 2. The van der Waals surface area contributed by atoms with Gasteiger partial charge in [0.2, 0.25) is 5.91 Å². The number of fused-ring (bicyclic) bond motifs is 1. The second kappa shape index (κ2) is 8.57. The maximum Gasteiger partial charge on any atom is 0.251 e. The Morgan fingerprint density at radius 1 is 1.24 bits per heavy atom. The zero-order valence-corrected chi connectivity index (χ0v) is 16.6. The highest BCUT2D eigenvalue weighted by molar-refractivity contribution is 5.98. The van der Waals surface area contributed by atoms with Crippen LogP contribution in [0.15, 0.2) is 36.5 Å². The summed E-state index contributed by atoms with van der Waals surface area (Å²) in [5, 5.41) is 14.9. The van der Waals surface area contributed by atoms with Gasteiger partial charge in [-0.1, -0.05) is 6.92 Å². The highest BCUT2D eigenvalue weighted by Crippen LogP contribution is 2.42. The summed E-state index contributed by atoms with van der Waals surface area (Å²) in [6.07, 6.45) is 1.14. The lowest BCUT2D eigenvalue weighted by atomic mass is 9.82. The van der Waals surface area contributed by atoms with Gasteiger partial charge in [-0.15, -0.1) is 0 Å². The Morgan fingerprint density at radius 2 is 2.00 bits per heavy atom. The van der Waals surface area contributed by atoms with Gasteiger partial charge in [0.15, 0.2) is 0 Å². The van der Waals surface area contributed by atoms with E-state index in [0.717, 1.165) is 17.4 Å². The molecule has 2 heterocycles. The molecule has 0 fully saturated rings. The average molecular weight is 400 g/mol. The minimum Gasteiger partial charge on any atom is -0.395 e. The summed E-state index contributed by atoms with van der Waals surface area (Å²) in [4.78, 5) is 30.5. The van der Waals surface area contributed by atoms with Crippen molar-refractivity contribution in [2.45, 2.75) is 32.9 Å². The summed E-state index contributed by atoms with van der Waals surface area (Å²) in [6, 6.07) is 7.74. The number of benzene rings is 1. The van der Waals surface area contributed by atoms with Crippen LogP contribution in [0, 0.1) is 11.7 Å². The van der Waals surface area contributed by atoms with E-state index < -0.39 is 5.82 Å². The number of halogens is 1. The molecule has 1 aliphatic rings. The molecular formula is C21H25FN4O3. The molecule has 0 saturated carbocycles. The van der Waals surface area contributed by atoms with Crippen molar-refractivity contribution < 1.29 is 19.1 Å². The molecule has 1 aromatic heterocycles. The Labute approximate surface area is 168 Å². The first-order chi connectivity index (χ1) is 13.8. The molecule has 3 atom stereocenters. The van der Waals surface area contributed by atoms with Gasteiger partial charge in [-0.05, 0) is 42.8 Å². The van der Waals surface area contributed by atoms with Crippen molar-refractivity contribution in [3.8, 4) is 0 Å². The molecular weight excluding hydrogens is 375 g/mol. The molecule has 0 saturated heterocycles. The van der Waals surface area contributed by atoms with Gasteiger partial charge >= 0.3 is 0 Å². The van der Waals surface area contributed by atoms with Crippen molar-refractivity contribution in [1.82, 2.24) is 10.3 Å².